The van der Waals surface area contributed by atoms with Gasteiger partial charge in [-0.25, -0.2) is 10.8 Å². The first-order valence-electron chi connectivity index (χ1n) is 17.3. The third-order valence-corrected chi connectivity index (χ3v) is 14.0. The molecule has 0 radical (unpaired) electrons. The predicted molar refractivity (Wildman–Crippen MR) is 217 cm³/mol. The molecule has 0 amide bonds. The molecule has 2 aliphatic rings. The van der Waals surface area contributed by atoms with Gasteiger partial charge in [-0.2, -0.15) is 35.4 Å². The van der Waals surface area contributed by atoms with E-state index in [1.807, 2.05) is 24.3 Å². The molecule has 0 spiro atoms. The molecule has 1 unspecified atom stereocenters. The van der Waals surface area contributed by atoms with E-state index in [-0.39, 0.29) is 10.8 Å². The Morgan fingerprint density at radius 1 is 0.735 bits per heavy atom. The first-order valence-corrected chi connectivity index (χ1v) is 24.4. The number of hydrogen-bond acceptors (Lipinski definition) is 0. The fourth-order valence-electron chi connectivity index (χ4n) is 5.99. The van der Waals surface area contributed by atoms with Crippen LogP contribution in [0.4, 0.5) is 0 Å². The summed E-state index contributed by atoms with van der Waals surface area (Å²) in [6.07, 6.45) is 6.84. The van der Waals surface area contributed by atoms with Crippen molar-refractivity contribution in [3.63, 3.8) is 0 Å². The Bertz CT molecular complexity index is 1770. The number of allylic oxidation sites excluding steroid dienone is 4. The van der Waals surface area contributed by atoms with Gasteiger partial charge in [0.2, 0.25) is 0 Å². The molecule has 4 heteroatoms. The molecular weight excluding hydrogens is 731 g/mol. The van der Waals surface area contributed by atoms with E-state index in [0.717, 1.165) is 16.5 Å². The summed E-state index contributed by atoms with van der Waals surface area (Å²) in [5, 5.41) is 3.17. The topological polar surface area (TPSA) is 0 Å². The Labute approximate surface area is 319 Å². The molecule has 0 heterocycles. The van der Waals surface area contributed by atoms with Crippen LogP contribution in [0.25, 0.3) is 11.1 Å². The zero-order valence-electron chi connectivity index (χ0n) is 31.3. The minimum absolute atomic E-state index is 0.177. The number of rotatable bonds is 3. The van der Waals surface area contributed by atoms with E-state index in [9.17, 15) is 0 Å². The van der Waals surface area contributed by atoms with Crippen LogP contribution in [0.15, 0.2) is 95.7 Å². The Morgan fingerprint density at radius 3 is 1.67 bits per heavy atom. The second-order valence-electron chi connectivity index (χ2n) is 16.3. The summed E-state index contributed by atoms with van der Waals surface area (Å²) in [5.74, 6) is 0.553. The molecule has 0 nitrogen and oxygen atoms in total. The second-order valence-corrected chi connectivity index (χ2v) is 24.4. The molecule has 0 saturated carbocycles. The first-order chi connectivity index (χ1) is 22.8. The molecule has 49 heavy (non-hydrogen) atoms. The monoisotopic (exact) mass is 780 g/mol. The number of halogens is 2. The predicted octanol–water partition coefficient (Wildman–Crippen LogP) is 12.9. The van der Waals surface area contributed by atoms with Crippen LogP contribution in [-0.4, -0.2) is 15.5 Å². The van der Waals surface area contributed by atoms with Crippen molar-refractivity contribution >= 4 is 38.7 Å². The summed E-state index contributed by atoms with van der Waals surface area (Å²) in [4.78, 5) is 0. The molecule has 2 aliphatic carbocycles. The quantitative estimate of drug-likeness (QED) is 0.126. The SMILES string of the molecule is CC(C)(C)c1c[c-]c2c(c1)-c1cc(C(C)(C)C)ccc1C2.CC1=[C-]C(C)C=C1[Si](C)(C)C.Clc1ccc([CH]=[Zr]=[CH]c2ccc(Cl)cc2)cc1. The molecule has 0 saturated heterocycles. The van der Waals surface area contributed by atoms with Crippen molar-refractivity contribution in [3.8, 4) is 11.1 Å². The Balaban J connectivity index is 0.000000174. The van der Waals surface area contributed by atoms with Gasteiger partial charge in [-0.3, -0.25) is 6.08 Å². The van der Waals surface area contributed by atoms with Crippen molar-refractivity contribution < 1.29 is 22.3 Å². The summed E-state index contributed by atoms with van der Waals surface area (Å²) >= 11 is 11.0. The number of fused-ring (bicyclic) bond motifs is 3. The summed E-state index contributed by atoms with van der Waals surface area (Å²) in [7, 11) is -1.07. The van der Waals surface area contributed by atoms with Gasteiger partial charge in [0, 0.05) is 0 Å². The van der Waals surface area contributed by atoms with Crippen molar-refractivity contribution in [1.82, 2.24) is 0 Å². The number of hydrogen-bond donors (Lipinski definition) is 0. The van der Waals surface area contributed by atoms with Crippen molar-refractivity contribution in [1.29, 1.82) is 0 Å². The number of benzene rings is 4. The molecule has 0 fully saturated rings. The average molecular weight is 783 g/mol. The van der Waals surface area contributed by atoms with Crippen LogP contribution in [0, 0.1) is 18.1 Å². The summed E-state index contributed by atoms with van der Waals surface area (Å²) < 4.78 is 4.66. The van der Waals surface area contributed by atoms with Crippen LogP contribution in [-0.2, 0) is 39.5 Å². The fraction of sp³-hybridized carbons (Fsp3) is 0.333. The van der Waals surface area contributed by atoms with Gasteiger partial charge < -0.3 is 0 Å². The standard InChI is InChI=1S/C21H25.C10H17Si.2C7H5Cl.Zr/c1-20(2,3)16-9-7-14-11-15-8-10-17(21(4,5)6)13-19(15)18(14)12-16;1-8-6-9(2)10(7-8)11(3,4)5;2*1-6-2-4-7(8)5-3-6;/h7,9-10,12-13H,11H2,1-6H3;7-8H,1-5H3;2*1-5H;/q2*-1;;;. The molecule has 6 rings (SSSR count). The van der Waals surface area contributed by atoms with E-state index in [4.69, 9.17) is 23.2 Å². The molecule has 0 bridgehead atoms. The van der Waals surface area contributed by atoms with E-state index >= 15 is 0 Å². The van der Waals surface area contributed by atoms with Gasteiger partial charge in [-0.15, -0.1) is 5.56 Å². The van der Waals surface area contributed by atoms with Gasteiger partial charge >= 0.3 is 123 Å². The van der Waals surface area contributed by atoms with Gasteiger partial charge in [-0.05, 0) is 25.5 Å². The molecule has 0 aliphatic heterocycles. The fourth-order valence-corrected chi connectivity index (χ4v) is 10.3. The van der Waals surface area contributed by atoms with E-state index in [0.29, 0.717) is 5.92 Å². The van der Waals surface area contributed by atoms with Crippen LogP contribution < -0.4 is 0 Å². The zero-order valence-corrected chi connectivity index (χ0v) is 36.2. The van der Waals surface area contributed by atoms with Crippen molar-refractivity contribution in [2.45, 2.75) is 92.3 Å². The summed E-state index contributed by atoms with van der Waals surface area (Å²) in [5.41, 5.74) is 12.7. The van der Waals surface area contributed by atoms with E-state index in [1.165, 1.54) is 50.1 Å². The molecule has 4 aromatic rings. The van der Waals surface area contributed by atoms with Gasteiger partial charge in [-0.1, -0.05) is 116 Å². The third kappa shape index (κ3) is 11.4. The van der Waals surface area contributed by atoms with E-state index < -0.39 is 30.3 Å². The minimum atomic E-state index is -1.07. The maximum absolute atomic E-state index is 5.84. The van der Waals surface area contributed by atoms with Crippen molar-refractivity contribution in [3.05, 3.63) is 151 Å². The van der Waals surface area contributed by atoms with Gasteiger partial charge in [0.25, 0.3) is 0 Å². The maximum atomic E-state index is 5.84. The second kappa shape index (κ2) is 16.4. The normalized spacial score (nSPS) is 14.9. The first kappa shape index (κ1) is 39.6. The van der Waals surface area contributed by atoms with Crippen LogP contribution >= 0.6 is 23.2 Å². The van der Waals surface area contributed by atoms with Crippen LogP contribution in [0.5, 0.6) is 0 Å². The Hall–Kier alpha value is -2.22. The molecule has 0 aromatic heterocycles. The van der Waals surface area contributed by atoms with Crippen LogP contribution in [0.1, 0.15) is 88.8 Å². The molecular formula is C45H52Cl2SiZr-2. The Kier molecular flexibility index (Phi) is 13.3. The third-order valence-electron chi connectivity index (χ3n) is 8.84. The van der Waals surface area contributed by atoms with Gasteiger partial charge in [0.05, 0.1) is 0 Å². The summed E-state index contributed by atoms with van der Waals surface area (Å²) in [6.45, 7) is 25.2. The zero-order chi connectivity index (χ0) is 36.1. The molecule has 256 valence electrons. The Morgan fingerprint density at radius 2 is 1.24 bits per heavy atom. The van der Waals surface area contributed by atoms with E-state index in [1.54, 1.807) is 5.20 Å². The van der Waals surface area contributed by atoms with Crippen molar-refractivity contribution in [2.75, 3.05) is 0 Å². The van der Waals surface area contributed by atoms with Gasteiger partial charge in [0.15, 0.2) is 0 Å². The van der Waals surface area contributed by atoms with E-state index in [2.05, 4.69) is 155 Å². The van der Waals surface area contributed by atoms with Crippen LogP contribution in [0.2, 0.25) is 29.7 Å². The average Bonchev–Trinajstić information content (AvgIpc) is 3.57. The summed E-state index contributed by atoms with van der Waals surface area (Å²) in [6, 6.07) is 31.0. The van der Waals surface area contributed by atoms with Crippen LogP contribution in [0.3, 0.4) is 0 Å². The molecule has 1 atom stereocenters. The molecule has 0 N–H and O–H groups in total. The van der Waals surface area contributed by atoms with Gasteiger partial charge in [0.1, 0.15) is 0 Å². The van der Waals surface area contributed by atoms with Crippen molar-refractivity contribution in [2.24, 2.45) is 5.92 Å². The molecule has 4 aromatic carbocycles.